The molecular weight excluding hydrogens is 164 g/mol. The lowest BCUT2D eigenvalue weighted by molar-refractivity contribution is 0.0480. The van der Waals surface area contributed by atoms with Crippen molar-refractivity contribution in [3.8, 4) is 0 Å². The Labute approximate surface area is 81.2 Å². The second kappa shape index (κ2) is 11.0. The maximum absolute atomic E-state index is 8.42. The van der Waals surface area contributed by atoms with Crippen LogP contribution in [0.1, 0.15) is 27.7 Å². The number of aliphatic hydroxyl groups is 1. The molecule has 0 bridgehead atoms. The van der Waals surface area contributed by atoms with Gasteiger partial charge in [-0.3, -0.25) is 0 Å². The van der Waals surface area contributed by atoms with Gasteiger partial charge < -0.3 is 9.84 Å². The second-order valence-corrected chi connectivity index (χ2v) is 2.06. The molecule has 0 aromatic rings. The van der Waals surface area contributed by atoms with Crippen molar-refractivity contribution in [2.24, 2.45) is 0 Å². The zero-order valence-corrected chi connectivity index (χ0v) is 9.00. The van der Waals surface area contributed by atoms with Crippen molar-refractivity contribution in [2.75, 3.05) is 6.79 Å². The molecule has 0 heterocycles. The summed E-state index contributed by atoms with van der Waals surface area (Å²) in [6.07, 6.45) is 5.32. The molecule has 0 saturated heterocycles. The number of hydrogen-bond donors (Lipinski definition) is 1. The number of rotatable bonds is 4. The van der Waals surface area contributed by atoms with E-state index in [2.05, 4.69) is 6.58 Å². The highest BCUT2D eigenvalue weighted by Gasteiger charge is 1.89. The minimum Gasteiger partial charge on any atom is -0.468 e. The molecule has 0 aromatic heterocycles. The zero-order chi connectivity index (χ0) is 10.7. The topological polar surface area (TPSA) is 29.5 Å². The van der Waals surface area contributed by atoms with Crippen LogP contribution < -0.4 is 0 Å². The highest BCUT2D eigenvalue weighted by atomic mass is 16.6. The summed E-state index contributed by atoms with van der Waals surface area (Å²) in [5.41, 5.74) is 1.08. The fraction of sp³-hybridized carbons (Fsp3) is 0.455. The Hall–Kier alpha value is -1.02. The van der Waals surface area contributed by atoms with E-state index in [1.807, 2.05) is 39.8 Å². The van der Waals surface area contributed by atoms with Gasteiger partial charge in [0.1, 0.15) is 5.76 Å². The molecule has 0 saturated carbocycles. The Morgan fingerprint density at radius 2 is 2.00 bits per heavy atom. The van der Waals surface area contributed by atoms with Gasteiger partial charge in [-0.1, -0.05) is 32.1 Å². The summed E-state index contributed by atoms with van der Waals surface area (Å²) < 4.78 is 4.82. The van der Waals surface area contributed by atoms with E-state index in [9.17, 15) is 0 Å². The first kappa shape index (κ1) is 14.5. The first-order valence-electron chi connectivity index (χ1n) is 4.45. The van der Waals surface area contributed by atoms with Crippen molar-refractivity contribution in [3.05, 3.63) is 36.1 Å². The molecular formula is C11H20O2. The lowest BCUT2D eigenvalue weighted by atomic mass is 10.2. The minimum atomic E-state index is -0.311. The normalized spacial score (nSPS) is 11.5. The van der Waals surface area contributed by atoms with Crippen molar-refractivity contribution < 1.29 is 9.84 Å². The van der Waals surface area contributed by atoms with Crippen LogP contribution in [0.4, 0.5) is 0 Å². The van der Waals surface area contributed by atoms with Gasteiger partial charge in [-0.2, -0.15) is 0 Å². The number of aliphatic hydroxyl groups excluding tert-OH is 1. The van der Waals surface area contributed by atoms with Crippen molar-refractivity contribution in [1.29, 1.82) is 0 Å². The SMILES string of the molecule is C=C/C(=C\C(C)=C/C)OCO.CC. The van der Waals surface area contributed by atoms with Crippen molar-refractivity contribution >= 4 is 0 Å². The van der Waals surface area contributed by atoms with Crippen LogP contribution in [-0.4, -0.2) is 11.9 Å². The van der Waals surface area contributed by atoms with E-state index in [1.165, 1.54) is 0 Å². The highest BCUT2D eigenvalue weighted by molar-refractivity contribution is 5.23. The number of hydrogen-bond acceptors (Lipinski definition) is 2. The number of allylic oxidation sites excluding steroid dienone is 4. The van der Waals surface area contributed by atoms with Crippen LogP contribution in [0.2, 0.25) is 0 Å². The van der Waals surface area contributed by atoms with Crippen molar-refractivity contribution in [1.82, 2.24) is 0 Å². The summed E-state index contributed by atoms with van der Waals surface area (Å²) in [6, 6.07) is 0. The molecule has 2 heteroatoms. The Kier molecular flexibility index (Phi) is 12.2. The largest absolute Gasteiger partial charge is 0.468 e. The van der Waals surface area contributed by atoms with E-state index in [0.717, 1.165) is 5.57 Å². The van der Waals surface area contributed by atoms with E-state index in [-0.39, 0.29) is 6.79 Å². The van der Waals surface area contributed by atoms with Crippen LogP contribution in [0.3, 0.4) is 0 Å². The van der Waals surface area contributed by atoms with E-state index < -0.39 is 0 Å². The van der Waals surface area contributed by atoms with E-state index in [1.54, 1.807) is 6.08 Å². The van der Waals surface area contributed by atoms with Crippen LogP contribution in [0.25, 0.3) is 0 Å². The molecule has 0 spiro atoms. The third kappa shape index (κ3) is 8.89. The van der Waals surface area contributed by atoms with Crippen LogP contribution >= 0.6 is 0 Å². The molecule has 1 N–H and O–H groups in total. The molecule has 13 heavy (non-hydrogen) atoms. The van der Waals surface area contributed by atoms with Crippen molar-refractivity contribution in [3.63, 3.8) is 0 Å². The van der Waals surface area contributed by atoms with E-state index in [0.29, 0.717) is 5.76 Å². The molecule has 0 radical (unpaired) electrons. The van der Waals surface area contributed by atoms with Crippen LogP contribution in [0.15, 0.2) is 36.1 Å². The molecule has 76 valence electrons. The molecule has 0 aliphatic rings. The second-order valence-electron chi connectivity index (χ2n) is 2.06. The Balaban J connectivity index is 0. The summed E-state index contributed by atoms with van der Waals surface area (Å²) >= 11 is 0. The predicted octanol–water partition coefficient (Wildman–Crippen LogP) is 3.02. The van der Waals surface area contributed by atoms with Crippen molar-refractivity contribution in [2.45, 2.75) is 27.7 Å². The average molecular weight is 184 g/mol. The monoisotopic (exact) mass is 184 g/mol. The summed E-state index contributed by atoms with van der Waals surface area (Å²) in [5.74, 6) is 0.586. The van der Waals surface area contributed by atoms with Gasteiger partial charge in [0.2, 0.25) is 0 Å². The molecule has 0 rings (SSSR count). The van der Waals surface area contributed by atoms with Gasteiger partial charge in [0, 0.05) is 0 Å². The molecule has 0 aromatic carbocycles. The third-order valence-electron chi connectivity index (χ3n) is 1.26. The van der Waals surface area contributed by atoms with E-state index in [4.69, 9.17) is 9.84 Å². The Morgan fingerprint density at radius 1 is 1.46 bits per heavy atom. The maximum atomic E-state index is 8.42. The lowest BCUT2D eigenvalue weighted by Crippen LogP contribution is -1.90. The predicted molar refractivity (Wildman–Crippen MR) is 57.2 cm³/mol. The summed E-state index contributed by atoms with van der Waals surface area (Å²) in [6.45, 7) is 11.1. The van der Waals surface area contributed by atoms with Gasteiger partial charge in [0.25, 0.3) is 0 Å². The molecule has 0 unspecified atom stereocenters. The molecule has 0 fully saturated rings. The minimum absolute atomic E-state index is 0.311. The first-order chi connectivity index (χ1) is 6.24. The van der Waals surface area contributed by atoms with Crippen LogP contribution in [0.5, 0.6) is 0 Å². The molecule has 2 nitrogen and oxygen atoms in total. The van der Waals surface area contributed by atoms with Gasteiger partial charge in [-0.15, -0.1) is 0 Å². The molecule has 0 aliphatic heterocycles. The van der Waals surface area contributed by atoms with Gasteiger partial charge in [0.15, 0.2) is 6.79 Å². The quantitative estimate of drug-likeness (QED) is 0.413. The highest BCUT2D eigenvalue weighted by Crippen LogP contribution is 2.03. The smallest absolute Gasteiger partial charge is 0.186 e. The molecule has 0 atom stereocenters. The third-order valence-corrected chi connectivity index (χ3v) is 1.26. The van der Waals surface area contributed by atoms with Gasteiger partial charge in [-0.25, -0.2) is 0 Å². The maximum Gasteiger partial charge on any atom is 0.186 e. The lowest BCUT2D eigenvalue weighted by Gasteiger charge is -2.01. The standard InChI is InChI=1S/C9H14O2.C2H6/c1-4-8(3)6-9(5-2)11-7-10;1-2/h4-6,10H,2,7H2,1,3H3;1-2H3/b8-4-,9-6+;. The molecule has 0 amide bonds. The first-order valence-corrected chi connectivity index (χ1v) is 4.45. The number of ether oxygens (including phenoxy) is 1. The van der Waals surface area contributed by atoms with Gasteiger partial charge in [0.05, 0.1) is 0 Å². The fourth-order valence-electron chi connectivity index (χ4n) is 0.542. The molecule has 0 aliphatic carbocycles. The zero-order valence-electron chi connectivity index (χ0n) is 9.00. The summed E-state index contributed by atoms with van der Waals surface area (Å²) in [7, 11) is 0. The average Bonchev–Trinajstić information content (AvgIpc) is 2.20. The van der Waals surface area contributed by atoms with E-state index >= 15 is 0 Å². The Morgan fingerprint density at radius 3 is 2.31 bits per heavy atom. The fourth-order valence-corrected chi connectivity index (χ4v) is 0.542. The summed E-state index contributed by atoms with van der Waals surface area (Å²) in [5, 5.41) is 8.42. The van der Waals surface area contributed by atoms with Gasteiger partial charge in [-0.05, 0) is 26.0 Å². The van der Waals surface area contributed by atoms with Crippen LogP contribution in [-0.2, 0) is 4.74 Å². The Bertz CT molecular complexity index is 179. The summed E-state index contributed by atoms with van der Waals surface area (Å²) in [4.78, 5) is 0. The van der Waals surface area contributed by atoms with Crippen LogP contribution in [0, 0.1) is 0 Å². The van der Waals surface area contributed by atoms with Gasteiger partial charge >= 0.3 is 0 Å².